The number of morpholine rings is 1. The number of aryl methyl sites for hydroxylation is 1. The Balaban J connectivity index is 1.31. The van der Waals surface area contributed by atoms with Crippen molar-refractivity contribution < 1.29 is 14.3 Å². The van der Waals surface area contributed by atoms with Gasteiger partial charge in [-0.25, -0.2) is 0 Å². The molecule has 0 N–H and O–H groups in total. The van der Waals surface area contributed by atoms with Crippen molar-refractivity contribution in [3.8, 4) is 0 Å². The van der Waals surface area contributed by atoms with E-state index in [0.29, 0.717) is 38.5 Å². The van der Waals surface area contributed by atoms with E-state index in [-0.39, 0.29) is 17.4 Å². The second-order valence-corrected chi connectivity index (χ2v) is 9.86. The Labute approximate surface area is 179 Å². The molecule has 1 spiro atoms. The maximum atomic E-state index is 12.7. The van der Waals surface area contributed by atoms with E-state index in [1.54, 1.807) is 23.7 Å². The Morgan fingerprint density at radius 1 is 1.14 bits per heavy atom. The summed E-state index contributed by atoms with van der Waals surface area (Å²) < 4.78 is 6.14. The topological polar surface area (TPSA) is 62.7 Å². The molecular formula is C21H25N3O3S2. The lowest BCUT2D eigenvalue weighted by atomic mass is 9.89. The molecule has 2 aromatic rings. The molecule has 0 atom stereocenters. The molecule has 8 heteroatoms. The number of thiophene rings is 1. The van der Waals surface area contributed by atoms with Crippen molar-refractivity contribution in [2.24, 2.45) is 0 Å². The van der Waals surface area contributed by atoms with E-state index in [0.717, 1.165) is 27.5 Å². The zero-order chi connectivity index (χ0) is 20.3. The van der Waals surface area contributed by atoms with Gasteiger partial charge >= 0.3 is 0 Å². The lowest BCUT2D eigenvalue weighted by Gasteiger charge is -2.47. The number of carbonyl (C=O) groups is 2. The number of likely N-dealkylation sites (tertiary alicyclic amines) is 1. The number of pyridine rings is 1. The van der Waals surface area contributed by atoms with E-state index >= 15 is 0 Å². The minimum atomic E-state index is -0.322. The molecule has 2 saturated heterocycles. The second kappa shape index (κ2) is 8.85. The fourth-order valence-electron chi connectivity index (χ4n) is 3.85. The minimum absolute atomic E-state index is 0.107. The zero-order valence-electron chi connectivity index (χ0n) is 16.5. The van der Waals surface area contributed by atoms with E-state index in [9.17, 15) is 9.59 Å². The van der Waals surface area contributed by atoms with Crippen LogP contribution in [-0.2, 0) is 9.53 Å². The Kier molecular flexibility index (Phi) is 6.22. The van der Waals surface area contributed by atoms with Gasteiger partial charge in [0.05, 0.1) is 22.8 Å². The van der Waals surface area contributed by atoms with Crippen LogP contribution in [0.1, 0.15) is 27.4 Å². The fourth-order valence-corrected chi connectivity index (χ4v) is 5.48. The van der Waals surface area contributed by atoms with Gasteiger partial charge in [-0.1, -0.05) is 0 Å². The van der Waals surface area contributed by atoms with Crippen LogP contribution in [0.15, 0.2) is 41.6 Å². The van der Waals surface area contributed by atoms with Gasteiger partial charge in [-0.2, -0.15) is 0 Å². The second-order valence-electron chi connectivity index (χ2n) is 7.52. The van der Waals surface area contributed by atoms with Crippen molar-refractivity contribution >= 4 is 34.9 Å². The lowest BCUT2D eigenvalue weighted by Crippen LogP contribution is -2.58. The minimum Gasteiger partial charge on any atom is -0.371 e. The summed E-state index contributed by atoms with van der Waals surface area (Å²) in [5, 5.41) is 0. The van der Waals surface area contributed by atoms with Crippen LogP contribution in [0.2, 0.25) is 0 Å². The van der Waals surface area contributed by atoms with Gasteiger partial charge in [0, 0.05) is 48.3 Å². The largest absolute Gasteiger partial charge is 0.371 e. The van der Waals surface area contributed by atoms with Crippen LogP contribution < -0.4 is 0 Å². The number of aromatic nitrogens is 1. The van der Waals surface area contributed by atoms with Crippen molar-refractivity contribution in [1.82, 2.24) is 14.8 Å². The molecule has 6 nitrogen and oxygen atoms in total. The standard InChI is InChI=1S/C21H25N3O3S2/c1-16-2-3-18(29-16)20(26)23-10-6-21(7-11-23)15-24(12-13-27-21)19(25)14-28-17-4-8-22-9-5-17/h2-5,8-9H,6-7,10-15H2,1H3. The molecule has 0 aromatic carbocycles. The number of nitrogens with zero attached hydrogens (tertiary/aromatic N) is 3. The summed E-state index contributed by atoms with van der Waals surface area (Å²) in [7, 11) is 0. The molecule has 154 valence electrons. The maximum absolute atomic E-state index is 12.7. The number of carbonyl (C=O) groups excluding carboxylic acids is 2. The van der Waals surface area contributed by atoms with Crippen molar-refractivity contribution in [3.63, 3.8) is 0 Å². The average molecular weight is 432 g/mol. The quantitative estimate of drug-likeness (QED) is 0.696. The lowest BCUT2D eigenvalue weighted by molar-refractivity contribution is -0.156. The summed E-state index contributed by atoms with van der Waals surface area (Å²) in [6, 6.07) is 7.73. The zero-order valence-corrected chi connectivity index (χ0v) is 18.1. The first-order chi connectivity index (χ1) is 14.0. The van der Waals surface area contributed by atoms with Gasteiger partial charge in [0.1, 0.15) is 0 Å². The molecule has 0 unspecified atom stereocenters. The number of piperidine rings is 1. The van der Waals surface area contributed by atoms with Gasteiger partial charge in [-0.3, -0.25) is 14.6 Å². The Morgan fingerprint density at radius 3 is 2.59 bits per heavy atom. The molecule has 4 rings (SSSR count). The van der Waals surface area contributed by atoms with Gasteiger partial charge in [0.15, 0.2) is 0 Å². The van der Waals surface area contributed by atoms with Crippen LogP contribution in [0.3, 0.4) is 0 Å². The summed E-state index contributed by atoms with van der Waals surface area (Å²) in [6.07, 6.45) is 5.01. The third-order valence-corrected chi connectivity index (χ3v) is 7.51. The Bertz CT molecular complexity index is 863. The molecule has 4 heterocycles. The fraction of sp³-hybridized carbons (Fsp3) is 0.476. The van der Waals surface area contributed by atoms with Crippen molar-refractivity contribution in [2.45, 2.75) is 30.3 Å². The molecule has 2 fully saturated rings. The van der Waals surface area contributed by atoms with E-state index in [1.165, 1.54) is 11.8 Å². The van der Waals surface area contributed by atoms with Crippen molar-refractivity contribution in [1.29, 1.82) is 0 Å². The van der Waals surface area contributed by atoms with Gasteiger partial charge in [-0.15, -0.1) is 23.1 Å². The summed E-state index contributed by atoms with van der Waals surface area (Å²) >= 11 is 3.08. The third kappa shape index (κ3) is 4.82. The van der Waals surface area contributed by atoms with Crippen LogP contribution in [0.25, 0.3) is 0 Å². The van der Waals surface area contributed by atoms with Crippen molar-refractivity contribution in [3.05, 3.63) is 46.4 Å². The van der Waals surface area contributed by atoms with Gasteiger partial charge in [0.25, 0.3) is 5.91 Å². The number of amides is 2. The number of ether oxygens (including phenoxy) is 1. The van der Waals surface area contributed by atoms with E-state index < -0.39 is 0 Å². The van der Waals surface area contributed by atoms with E-state index in [2.05, 4.69) is 4.98 Å². The predicted molar refractivity (Wildman–Crippen MR) is 114 cm³/mol. The van der Waals surface area contributed by atoms with Gasteiger partial charge in [0.2, 0.25) is 5.91 Å². The molecule has 2 aromatic heterocycles. The molecule has 0 radical (unpaired) electrons. The predicted octanol–water partition coefficient (Wildman–Crippen LogP) is 3.08. The smallest absolute Gasteiger partial charge is 0.263 e. The molecule has 2 aliphatic heterocycles. The molecule has 0 aliphatic carbocycles. The number of rotatable bonds is 4. The Morgan fingerprint density at radius 2 is 1.90 bits per heavy atom. The van der Waals surface area contributed by atoms with Gasteiger partial charge < -0.3 is 14.5 Å². The van der Waals surface area contributed by atoms with E-state index in [1.807, 2.05) is 41.0 Å². The first-order valence-electron chi connectivity index (χ1n) is 9.85. The molecule has 2 aliphatic rings. The van der Waals surface area contributed by atoms with Crippen LogP contribution in [-0.4, -0.2) is 70.7 Å². The molecule has 0 bridgehead atoms. The summed E-state index contributed by atoms with van der Waals surface area (Å²) in [4.78, 5) is 36.3. The van der Waals surface area contributed by atoms with Crippen LogP contribution in [0, 0.1) is 6.92 Å². The number of hydrogen-bond donors (Lipinski definition) is 0. The molecule has 0 saturated carbocycles. The third-order valence-electron chi connectivity index (χ3n) is 5.53. The van der Waals surface area contributed by atoms with Gasteiger partial charge in [-0.05, 0) is 44.0 Å². The first kappa shape index (κ1) is 20.4. The normalized spacial score (nSPS) is 18.8. The average Bonchev–Trinajstić information content (AvgIpc) is 3.19. The summed E-state index contributed by atoms with van der Waals surface area (Å²) in [5.41, 5.74) is -0.322. The summed E-state index contributed by atoms with van der Waals surface area (Å²) in [5.74, 6) is 0.667. The molecule has 2 amide bonds. The summed E-state index contributed by atoms with van der Waals surface area (Å²) in [6.45, 7) is 5.16. The van der Waals surface area contributed by atoms with Crippen molar-refractivity contribution in [2.75, 3.05) is 38.5 Å². The van der Waals surface area contributed by atoms with Crippen LogP contribution in [0.5, 0.6) is 0 Å². The van der Waals surface area contributed by atoms with E-state index in [4.69, 9.17) is 4.74 Å². The SMILES string of the molecule is Cc1ccc(C(=O)N2CCC3(CC2)CN(C(=O)CSc2ccncc2)CCO3)s1. The highest BCUT2D eigenvalue weighted by molar-refractivity contribution is 8.00. The monoisotopic (exact) mass is 431 g/mol. The number of hydrogen-bond acceptors (Lipinski definition) is 6. The highest BCUT2D eigenvalue weighted by Crippen LogP contribution is 2.32. The first-order valence-corrected chi connectivity index (χ1v) is 11.7. The number of thioether (sulfide) groups is 1. The highest BCUT2D eigenvalue weighted by atomic mass is 32.2. The Hall–Kier alpha value is -1.90. The maximum Gasteiger partial charge on any atom is 0.263 e. The van der Waals surface area contributed by atoms with Crippen LogP contribution in [0.4, 0.5) is 0 Å². The molecule has 29 heavy (non-hydrogen) atoms. The molecular weight excluding hydrogens is 406 g/mol. The highest BCUT2D eigenvalue weighted by Gasteiger charge is 2.41. The van der Waals surface area contributed by atoms with Crippen LogP contribution >= 0.6 is 23.1 Å².